The van der Waals surface area contributed by atoms with Crippen LogP contribution >= 0.6 is 11.8 Å². The van der Waals surface area contributed by atoms with Crippen molar-refractivity contribution in [1.29, 1.82) is 0 Å². The van der Waals surface area contributed by atoms with Gasteiger partial charge < -0.3 is 19.7 Å². The lowest BCUT2D eigenvalue weighted by Crippen LogP contribution is -2.36. The molecule has 0 unspecified atom stereocenters. The Morgan fingerprint density at radius 3 is 2.92 bits per heavy atom. The highest BCUT2D eigenvalue weighted by molar-refractivity contribution is 7.99. The van der Waals surface area contributed by atoms with Gasteiger partial charge in [0, 0.05) is 19.2 Å². The highest BCUT2D eigenvalue weighted by atomic mass is 32.2. The van der Waals surface area contributed by atoms with E-state index < -0.39 is 0 Å². The van der Waals surface area contributed by atoms with Gasteiger partial charge in [0.1, 0.15) is 22.9 Å². The number of rotatable bonds is 7. The van der Waals surface area contributed by atoms with Crippen LogP contribution in [0.15, 0.2) is 41.7 Å². The molecule has 2 aromatic rings. The van der Waals surface area contributed by atoms with Crippen molar-refractivity contribution < 1.29 is 14.3 Å². The van der Waals surface area contributed by atoms with Crippen LogP contribution in [0.5, 0.6) is 5.75 Å². The number of carbonyl (C=O) groups is 1. The Hall–Kier alpha value is -2.32. The molecule has 2 heterocycles. The first-order valence-corrected chi connectivity index (χ1v) is 9.54. The number of hydrogen-bond acceptors (Lipinski definition) is 7. The highest BCUT2D eigenvalue weighted by Gasteiger charge is 2.14. The molecule has 1 saturated heterocycles. The summed E-state index contributed by atoms with van der Waals surface area (Å²) in [4.78, 5) is 23.0. The van der Waals surface area contributed by atoms with E-state index in [2.05, 4.69) is 20.2 Å². The van der Waals surface area contributed by atoms with E-state index in [1.54, 1.807) is 0 Å². The van der Waals surface area contributed by atoms with E-state index >= 15 is 0 Å². The number of amides is 1. The van der Waals surface area contributed by atoms with Gasteiger partial charge in [-0.3, -0.25) is 4.79 Å². The monoisotopic (exact) mass is 374 g/mol. The molecule has 3 rings (SSSR count). The third-order valence-corrected chi connectivity index (χ3v) is 4.70. The Kier molecular flexibility index (Phi) is 6.68. The number of morpholine rings is 1. The van der Waals surface area contributed by atoms with Crippen LogP contribution in [0.3, 0.4) is 0 Å². The minimum absolute atomic E-state index is 0.103. The predicted molar refractivity (Wildman–Crippen MR) is 102 cm³/mol. The Labute approximate surface area is 157 Å². The van der Waals surface area contributed by atoms with Gasteiger partial charge in [0.15, 0.2) is 0 Å². The Morgan fingerprint density at radius 1 is 1.31 bits per heavy atom. The molecule has 1 aliphatic heterocycles. The molecule has 138 valence electrons. The second-order valence-corrected chi connectivity index (χ2v) is 6.58. The van der Waals surface area contributed by atoms with Gasteiger partial charge in [0.25, 0.3) is 0 Å². The van der Waals surface area contributed by atoms with Crippen LogP contribution in [-0.4, -0.2) is 54.5 Å². The Bertz CT molecular complexity index is 738. The standard InChI is InChI=1S/C18H22N4O3S/c1-2-25-15-6-4-3-5-14(15)21-17(23)12-26-18-11-16(19-13-20-18)22-7-9-24-10-8-22/h3-6,11,13H,2,7-10,12H2,1H3,(H,21,23). The fourth-order valence-electron chi connectivity index (χ4n) is 2.55. The molecule has 0 bridgehead atoms. The van der Waals surface area contributed by atoms with Crippen molar-refractivity contribution >= 4 is 29.2 Å². The minimum Gasteiger partial charge on any atom is -0.492 e. The maximum atomic E-state index is 12.3. The molecule has 0 aliphatic carbocycles. The van der Waals surface area contributed by atoms with E-state index in [9.17, 15) is 4.79 Å². The lowest BCUT2D eigenvalue weighted by atomic mass is 10.3. The normalized spacial score (nSPS) is 14.1. The molecule has 1 fully saturated rings. The number of benzene rings is 1. The summed E-state index contributed by atoms with van der Waals surface area (Å²) in [6.07, 6.45) is 1.54. The van der Waals surface area contributed by atoms with Crippen LogP contribution in [0.1, 0.15) is 6.92 Å². The summed E-state index contributed by atoms with van der Waals surface area (Å²) >= 11 is 1.38. The van der Waals surface area contributed by atoms with Gasteiger partial charge >= 0.3 is 0 Å². The number of thioether (sulfide) groups is 1. The second kappa shape index (κ2) is 9.40. The molecule has 8 heteroatoms. The summed E-state index contributed by atoms with van der Waals surface area (Å²) < 4.78 is 10.9. The smallest absolute Gasteiger partial charge is 0.234 e. The molecular weight excluding hydrogens is 352 g/mol. The molecule has 1 aromatic heterocycles. The van der Waals surface area contributed by atoms with E-state index in [-0.39, 0.29) is 11.7 Å². The number of anilines is 2. The molecule has 1 aromatic carbocycles. The average Bonchev–Trinajstić information content (AvgIpc) is 2.69. The summed E-state index contributed by atoms with van der Waals surface area (Å²) in [5.41, 5.74) is 0.677. The summed E-state index contributed by atoms with van der Waals surface area (Å²) in [6.45, 7) is 5.50. The van der Waals surface area contributed by atoms with Gasteiger partial charge in [-0.05, 0) is 19.1 Å². The van der Waals surface area contributed by atoms with Crippen LogP contribution in [-0.2, 0) is 9.53 Å². The third kappa shape index (κ3) is 5.09. The van der Waals surface area contributed by atoms with Crippen LogP contribution < -0.4 is 15.0 Å². The van der Waals surface area contributed by atoms with Crippen molar-refractivity contribution in [2.45, 2.75) is 11.9 Å². The SMILES string of the molecule is CCOc1ccccc1NC(=O)CSc1cc(N2CCOCC2)ncn1. The van der Waals surface area contributed by atoms with Crippen molar-refractivity contribution in [1.82, 2.24) is 9.97 Å². The van der Waals surface area contributed by atoms with Gasteiger partial charge in [0.2, 0.25) is 5.91 Å². The molecule has 7 nitrogen and oxygen atoms in total. The zero-order valence-electron chi connectivity index (χ0n) is 14.7. The fourth-order valence-corrected chi connectivity index (χ4v) is 3.21. The summed E-state index contributed by atoms with van der Waals surface area (Å²) in [7, 11) is 0. The van der Waals surface area contributed by atoms with Crippen molar-refractivity contribution in [3.05, 3.63) is 36.7 Å². The van der Waals surface area contributed by atoms with Crippen LogP contribution in [0.25, 0.3) is 0 Å². The topological polar surface area (TPSA) is 76.6 Å². The highest BCUT2D eigenvalue weighted by Crippen LogP contribution is 2.25. The molecule has 0 atom stereocenters. The van der Waals surface area contributed by atoms with Gasteiger partial charge in [0.05, 0.1) is 31.3 Å². The summed E-state index contributed by atoms with van der Waals surface area (Å²) in [5.74, 6) is 1.70. The molecule has 1 aliphatic rings. The predicted octanol–water partition coefficient (Wildman–Crippen LogP) is 2.44. The maximum Gasteiger partial charge on any atom is 0.234 e. The number of carbonyl (C=O) groups excluding carboxylic acids is 1. The van der Waals surface area contributed by atoms with E-state index in [1.807, 2.05) is 37.3 Å². The minimum atomic E-state index is -0.103. The van der Waals surface area contributed by atoms with E-state index in [4.69, 9.17) is 9.47 Å². The van der Waals surface area contributed by atoms with Crippen LogP contribution in [0, 0.1) is 0 Å². The van der Waals surface area contributed by atoms with E-state index in [0.29, 0.717) is 31.3 Å². The number of nitrogens with one attached hydrogen (secondary N) is 1. The van der Waals surface area contributed by atoms with E-state index in [1.165, 1.54) is 18.1 Å². The van der Waals surface area contributed by atoms with Gasteiger partial charge in [-0.1, -0.05) is 23.9 Å². The second-order valence-electron chi connectivity index (χ2n) is 5.58. The average molecular weight is 374 g/mol. The quantitative estimate of drug-likeness (QED) is 0.589. The molecule has 1 N–H and O–H groups in total. The van der Waals surface area contributed by atoms with Gasteiger partial charge in [-0.2, -0.15) is 0 Å². The first-order valence-electron chi connectivity index (χ1n) is 8.55. The first kappa shape index (κ1) is 18.5. The number of nitrogens with zero attached hydrogens (tertiary/aromatic N) is 3. The molecule has 26 heavy (non-hydrogen) atoms. The number of ether oxygens (including phenoxy) is 2. The number of para-hydroxylation sites is 2. The van der Waals surface area contributed by atoms with Crippen LogP contribution in [0.2, 0.25) is 0 Å². The molecule has 0 spiro atoms. The summed E-state index contributed by atoms with van der Waals surface area (Å²) in [5, 5.41) is 3.66. The first-order chi connectivity index (χ1) is 12.8. The molecule has 0 saturated carbocycles. The maximum absolute atomic E-state index is 12.3. The van der Waals surface area contributed by atoms with Crippen molar-refractivity contribution in [2.75, 3.05) is 48.9 Å². The van der Waals surface area contributed by atoms with Crippen molar-refractivity contribution in [2.24, 2.45) is 0 Å². The third-order valence-electron chi connectivity index (χ3n) is 3.77. The zero-order chi connectivity index (χ0) is 18.2. The van der Waals surface area contributed by atoms with Gasteiger partial charge in [-0.25, -0.2) is 9.97 Å². The van der Waals surface area contributed by atoms with Gasteiger partial charge in [-0.15, -0.1) is 0 Å². The lowest BCUT2D eigenvalue weighted by molar-refractivity contribution is -0.113. The fraction of sp³-hybridized carbons (Fsp3) is 0.389. The molecule has 0 radical (unpaired) electrons. The molecular formula is C18H22N4O3S. The Balaban J connectivity index is 1.56. The zero-order valence-corrected chi connectivity index (χ0v) is 15.5. The largest absolute Gasteiger partial charge is 0.492 e. The van der Waals surface area contributed by atoms with E-state index in [0.717, 1.165) is 23.9 Å². The Morgan fingerprint density at radius 2 is 2.12 bits per heavy atom. The van der Waals surface area contributed by atoms with Crippen LogP contribution in [0.4, 0.5) is 11.5 Å². The number of aromatic nitrogens is 2. The number of hydrogen-bond donors (Lipinski definition) is 1. The van der Waals surface area contributed by atoms with Crippen molar-refractivity contribution in [3.8, 4) is 5.75 Å². The summed E-state index contributed by atoms with van der Waals surface area (Å²) in [6, 6.07) is 9.32. The van der Waals surface area contributed by atoms with Crippen molar-refractivity contribution in [3.63, 3.8) is 0 Å². The molecule has 1 amide bonds. The lowest BCUT2D eigenvalue weighted by Gasteiger charge is -2.27.